The van der Waals surface area contributed by atoms with Gasteiger partial charge in [0.2, 0.25) is 0 Å². The smallest absolute Gasteiger partial charge is 0.306 e. The quantitative estimate of drug-likeness (QED) is 0.0953. The monoisotopic (exact) mass is 540 g/mol. The molecule has 4 aliphatic rings. The number of carbonyl (C=O) groups excluding carboxylic acids is 2. The first kappa shape index (κ1) is 30.8. The molecular formula is C36H60O3. The molecule has 0 aromatic rings. The Kier molecular flexibility index (Phi) is 10.8. The zero-order chi connectivity index (χ0) is 28.0. The zero-order valence-corrected chi connectivity index (χ0v) is 26.1. The van der Waals surface area contributed by atoms with Gasteiger partial charge in [-0.15, -0.1) is 0 Å². The summed E-state index contributed by atoms with van der Waals surface area (Å²) in [5.41, 5.74) is 2.47. The molecule has 0 amide bonds. The molecule has 3 saturated carbocycles. The highest BCUT2D eigenvalue weighted by Crippen LogP contribution is 2.67. The van der Waals surface area contributed by atoms with Crippen LogP contribution >= 0.6 is 0 Å². The van der Waals surface area contributed by atoms with Crippen LogP contribution in [0.5, 0.6) is 0 Å². The third-order valence-corrected chi connectivity index (χ3v) is 12.3. The summed E-state index contributed by atoms with van der Waals surface area (Å²) in [4.78, 5) is 23.0. The molecule has 39 heavy (non-hydrogen) atoms. The van der Waals surface area contributed by atoms with Gasteiger partial charge in [0.05, 0.1) is 0 Å². The number of unbranched alkanes of at least 4 members (excludes halogenated alkanes) is 5. The average molecular weight is 541 g/mol. The van der Waals surface area contributed by atoms with Crippen LogP contribution in [0.2, 0.25) is 0 Å². The van der Waals surface area contributed by atoms with E-state index in [0.717, 1.165) is 86.7 Å². The molecule has 3 heteroatoms. The van der Waals surface area contributed by atoms with Crippen LogP contribution in [0.3, 0.4) is 0 Å². The highest BCUT2D eigenvalue weighted by Gasteiger charge is 2.59. The molecule has 0 radical (unpaired) electrons. The molecule has 8 atom stereocenters. The molecule has 3 fully saturated rings. The van der Waals surface area contributed by atoms with E-state index in [4.69, 9.17) is 4.74 Å². The van der Waals surface area contributed by atoms with Crippen LogP contribution in [0, 0.1) is 46.3 Å². The number of hydrogen-bond donors (Lipinski definition) is 0. The predicted octanol–water partition coefficient (Wildman–Crippen LogP) is 9.87. The number of allylic oxidation sites excluding steroid dienone is 1. The SMILES string of the molecule is CC(C)CCC[C@@H](C)[C@H]1CCC2C3CC=C4CC(OC(=O)CCCCCCCC=O)CC[C@]4(C)C3CC[C@@]21C. The lowest BCUT2D eigenvalue weighted by atomic mass is 9.47. The number of esters is 1. The van der Waals surface area contributed by atoms with Crippen molar-refractivity contribution in [3.8, 4) is 0 Å². The third kappa shape index (κ3) is 7.03. The Hall–Kier alpha value is -1.12. The van der Waals surface area contributed by atoms with Crippen molar-refractivity contribution in [2.24, 2.45) is 46.3 Å². The maximum Gasteiger partial charge on any atom is 0.306 e. The van der Waals surface area contributed by atoms with E-state index in [-0.39, 0.29) is 12.1 Å². The van der Waals surface area contributed by atoms with Gasteiger partial charge in [-0.1, -0.05) is 84.8 Å². The fourth-order valence-electron chi connectivity index (χ4n) is 10.0. The highest BCUT2D eigenvalue weighted by atomic mass is 16.5. The molecule has 222 valence electrons. The summed E-state index contributed by atoms with van der Waals surface area (Å²) in [6.45, 7) is 12.6. The highest BCUT2D eigenvalue weighted by molar-refractivity contribution is 5.69. The minimum absolute atomic E-state index is 0.00118. The van der Waals surface area contributed by atoms with Crippen molar-refractivity contribution in [1.82, 2.24) is 0 Å². The second-order valence-corrected chi connectivity index (χ2v) is 15.1. The lowest BCUT2D eigenvalue weighted by molar-refractivity contribution is -0.151. The molecule has 0 spiro atoms. The molecule has 0 saturated heterocycles. The minimum atomic E-state index is -0.00118. The van der Waals surface area contributed by atoms with E-state index < -0.39 is 0 Å². The fourth-order valence-corrected chi connectivity index (χ4v) is 10.0. The van der Waals surface area contributed by atoms with Gasteiger partial charge in [-0.2, -0.15) is 0 Å². The van der Waals surface area contributed by atoms with Crippen molar-refractivity contribution >= 4 is 12.3 Å². The second kappa shape index (κ2) is 13.7. The summed E-state index contributed by atoms with van der Waals surface area (Å²) < 4.78 is 6.01. The number of ether oxygens (including phenoxy) is 1. The van der Waals surface area contributed by atoms with Gasteiger partial charge in [-0.3, -0.25) is 4.79 Å². The summed E-state index contributed by atoms with van der Waals surface area (Å²) >= 11 is 0. The number of carbonyl (C=O) groups is 2. The summed E-state index contributed by atoms with van der Waals surface area (Å²) in [6, 6.07) is 0. The zero-order valence-electron chi connectivity index (χ0n) is 26.1. The van der Waals surface area contributed by atoms with E-state index in [1.165, 1.54) is 57.8 Å². The molecule has 4 unspecified atom stereocenters. The fraction of sp³-hybridized carbons (Fsp3) is 0.889. The van der Waals surface area contributed by atoms with Gasteiger partial charge >= 0.3 is 5.97 Å². The summed E-state index contributed by atoms with van der Waals surface area (Å²) in [6.07, 6.45) is 24.4. The summed E-state index contributed by atoms with van der Waals surface area (Å²) in [5.74, 6) is 5.19. The van der Waals surface area contributed by atoms with Gasteiger partial charge in [0, 0.05) is 19.3 Å². The van der Waals surface area contributed by atoms with E-state index in [9.17, 15) is 9.59 Å². The molecule has 0 bridgehead atoms. The van der Waals surface area contributed by atoms with Crippen LogP contribution in [0.4, 0.5) is 0 Å². The minimum Gasteiger partial charge on any atom is -0.462 e. The second-order valence-electron chi connectivity index (χ2n) is 15.1. The van der Waals surface area contributed by atoms with Crippen LogP contribution in [-0.2, 0) is 14.3 Å². The van der Waals surface area contributed by atoms with Gasteiger partial charge in [0.1, 0.15) is 12.4 Å². The van der Waals surface area contributed by atoms with Crippen molar-refractivity contribution in [2.45, 2.75) is 156 Å². The Morgan fingerprint density at radius 1 is 0.949 bits per heavy atom. The van der Waals surface area contributed by atoms with E-state index in [1.54, 1.807) is 5.57 Å². The van der Waals surface area contributed by atoms with E-state index >= 15 is 0 Å². The molecule has 0 heterocycles. The van der Waals surface area contributed by atoms with Gasteiger partial charge in [-0.05, 0) is 104 Å². The molecule has 0 aromatic carbocycles. The number of rotatable bonds is 14. The first-order chi connectivity index (χ1) is 18.7. The van der Waals surface area contributed by atoms with Gasteiger partial charge in [0.15, 0.2) is 0 Å². The topological polar surface area (TPSA) is 43.4 Å². The third-order valence-electron chi connectivity index (χ3n) is 12.3. The predicted molar refractivity (Wildman–Crippen MR) is 161 cm³/mol. The molecule has 0 aromatic heterocycles. The van der Waals surface area contributed by atoms with Crippen LogP contribution < -0.4 is 0 Å². The van der Waals surface area contributed by atoms with Crippen molar-refractivity contribution < 1.29 is 14.3 Å². The van der Waals surface area contributed by atoms with Crippen molar-refractivity contribution in [3.63, 3.8) is 0 Å². The average Bonchev–Trinajstić information content (AvgIpc) is 3.25. The van der Waals surface area contributed by atoms with Crippen LogP contribution in [-0.4, -0.2) is 18.4 Å². The maximum absolute atomic E-state index is 12.6. The Bertz CT molecular complexity index is 844. The van der Waals surface area contributed by atoms with Crippen LogP contribution in [0.25, 0.3) is 0 Å². The van der Waals surface area contributed by atoms with E-state index in [2.05, 4.69) is 40.7 Å². The Balaban J connectivity index is 1.29. The number of aldehydes is 1. The largest absolute Gasteiger partial charge is 0.462 e. The summed E-state index contributed by atoms with van der Waals surface area (Å²) in [7, 11) is 0. The molecule has 3 nitrogen and oxygen atoms in total. The molecular weight excluding hydrogens is 480 g/mol. The Morgan fingerprint density at radius 2 is 1.72 bits per heavy atom. The van der Waals surface area contributed by atoms with Crippen LogP contribution in [0.15, 0.2) is 11.6 Å². The van der Waals surface area contributed by atoms with Crippen molar-refractivity contribution in [3.05, 3.63) is 11.6 Å². The van der Waals surface area contributed by atoms with Crippen LogP contribution in [0.1, 0.15) is 150 Å². The van der Waals surface area contributed by atoms with Crippen molar-refractivity contribution in [1.29, 1.82) is 0 Å². The van der Waals surface area contributed by atoms with E-state index in [0.29, 0.717) is 23.7 Å². The number of hydrogen-bond acceptors (Lipinski definition) is 3. The Labute approximate surface area is 240 Å². The number of fused-ring (bicyclic) bond motifs is 5. The molecule has 0 N–H and O–H groups in total. The van der Waals surface area contributed by atoms with Gasteiger partial charge < -0.3 is 9.53 Å². The normalized spacial score (nSPS) is 36.5. The maximum atomic E-state index is 12.6. The van der Waals surface area contributed by atoms with E-state index in [1.807, 2.05) is 0 Å². The summed E-state index contributed by atoms with van der Waals surface area (Å²) in [5, 5.41) is 0. The molecule has 0 aliphatic heterocycles. The lowest BCUT2D eigenvalue weighted by Gasteiger charge is -2.58. The Morgan fingerprint density at radius 3 is 2.49 bits per heavy atom. The van der Waals surface area contributed by atoms with Crippen molar-refractivity contribution in [2.75, 3.05) is 0 Å². The molecule has 4 aliphatic carbocycles. The first-order valence-electron chi connectivity index (χ1n) is 17.0. The van der Waals surface area contributed by atoms with Gasteiger partial charge in [0.25, 0.3) is 0 Å². The van der Waals surface area contributed by atoms with Gasteiger partial charge in [-0.25, -0.2) is 0 Å². The first-order valence-corrected chi connectivity index (χ1v) is 17.0. The molecule has 4 rings (SSSR count). The lowest BCUT2D eigenvalue weighted by Crippen LogP contribution is -2.51. The standard InChI is InChI=1S/C36H60O3/c1-26(2)13-12-14-27(3)31-18-19-32-30-17-16-28-25-29(39-34(38)15-10-8-6-7-9-11-24-37)20-22-35(28,4)33(30)21-23-36(31,32)5/h16,24,26-27,29-33H,6-15,17-23,25H2,1-5H3/t27-,29?,30?,31-,32?,33?,35+,36-/m1/s1.